The fraction of sp³-hybridized carbons (Fsp3) is 0.0769. The molecule has 260 valence electrons. The summed E-state index contributed by atoms with van der Waals surface area (Å²) in [4.78, 5) is 2.36. The number of allylic oxidation sites excluding steroid dienone is 5. The Bertz CT molecular complexity index is 2740. The van der Waals surface area contributed by atoms with Gasteiger partial charge in [-0.1, -0.05) is 148 Å². The Labute approximate surface area is 318 Å². The minimum Gasteiger partial charge on any atom is -0.315 e. The molecule has 9 rings (SSSR count). The molecule has 1 aromatic heterocycles. The van der Waals surface area contributed by atoms with Crippen LogP contribution in [0.3, 0.4) is 0 Å². The molecule has 1 heterocycles. The number of para-hydroxylation sites is 2. The van der Waals surface area contributed by atoms with Gasteiger partial charge in [0.05, 0.1) is 11.0 Å². The lowest BCUT2D eigenvalue weighted by atomic mass is 9.82. The second kappa shape index (κ2) is 13.4. The van der Waals surface area contributed by atoms with E-state index in [9.17, 15) is 0 Å². The summed E-state index contributed by atoms with van der Waals surface area (Å²) < 4.78 is 2.37. The zero-order valence-corrected chi connectivity index (χ0v) is 31.0. The molecule has 2 nitrogen and oxygen atoms in total. The van der Waals surface area contributed by atoms with Gasteiger partial charge in [0, 0.05) is 38.9 Å². The van der Waals surface area contributed by atoms with E-state index in [1.54, 1.807) is 0 Å². The maximum absolute atomic E-state index is 4.26. The van der Waals surface area contributed by atoms with Gasteiger partial charge in [-0.15, -0.1) is 0 Å². The summed E-state index contributed by atoms with van der Waals surface area (Å²) in [5, 5.41) is 2.45. The van der Waals surface area contributed by atoms with E-state index in [0.29, 0.717) is 0 Å². The predicted octanol–water partition coefficient (Wildman–Crippen LogP) is 14.1. The zero-order valence-electron chi connectivity index (χ0n) is 31.0. The smallest absolute Gasteiger partial charge is 0.0541 e. The van der Waals surface area contributed by atoms with E-state index in [-0.39, 0.29) is 5.41 Å². The summed E-state index contributed by atoms with van der Waals surface area (Å²) >= 11 is 0. The van der Waals surface area contributed by atoms with Crippen LogP contribution < -0.4 is 4.90 Å². The van der Waals surface area contributed by atoms with Gasteiger partial charge in [0.2, 0.25) is 0 Å². The van der Waals surface area contributed by atoms with Crippen molar-refractivity contribution < 1.29 is 0 Å². The highest BCUT2D eigenvalue weighted by molar-refractivity contribution is 6.10. The van der Waals surface area contributed by atoms with E-state index in [2.05, 4.69) is 219 Å². The molecule has 0 fully saturated rings. The van der Waals surface area contributed by atoms with E-state index in [1.165, 1.54) is 55.2 Å². The number of aromatic nitrogens is 1. The number of anilines is 2. The van der Waals surface area contributed by atoms with Crippen LogP contribution in [0.5, 0.6) is 0 Å². The molecule has 0 saturated carbocycles. The highest BCUT2D eigenvalue weighted by Crippen LogP contribution is 2.50. The molecule has 1 aliphatic carbocycles. The maximum Gasteiger partial charge on any atom is 0.0541 e. The van der Waals surface area contributed by atoms with Crippen LogP contribution in [0, 0.1) is 0 Å². The van der Waals surface area contributed by atoms with Gasteiger partial charge in [-0.25, -0.2) is 0 Å². The highest BCUT2D eigenvalue weighted by Gasteiger charge is 2.35. The maximum atomic E-state index is 4.26. The lowest BCUT2D eigenvalue weighted by Gasteiger charge is -2.28. The molecule has 0 radical (unpaired) electrons. The van der Waals surface area contributed by atoms with Gasteiger partial charge in [-0.2, -0.15) is 0 Å². The summed E-state index contributed by atoms with van der Waals surface area (Å²) in [5.41, 5.74) is 16.9. The second-order valence-corrected chi connectivity index (χ2v) is 14.7. The normalized spacial score (nSPS) is 13.5. The number of hydrogen-bond donors (Lipinski definition) is 0. The van der Waals surface area contributed by atoms with E-state index < -0.39 is 0 Å². The molecular formula is C52H42N2. The molecule has 2 heteroatoms. The molecule has 0 N–H and O–H groups in total. The van der Waals surface area contributed by atoms with Crippen molar-refractivity contribution in [2.75, 3.05) is 4.90 Å². The standard InChI is InChI=1S/C52H42N2/c1-5-37(25-24-36(2)53(41-18-10-7-11-19-41)43-31-32-45-44-20-12-14-22-48(44)52(3,4)49(45)35-43)40-28-33-51-47(34-40)46-21-13-15-23-50(46)54(51)42-29-26-39(27-30-42)38-16-8-6-9-17-38/h5-35H,1H2,2-4H3/b36-24+,37-25+. The molecular weight excluding hydrogens is 653 g/mol. The number of nitrogens with zero attached hydrogens (tertiary/aromatic N) is 2. The van der Waals surface area contributed by atoms with E-state index in [4.69, 9.17) is 0 Å². The van der Waals surface area contributed by atoms with Gasteiger partial charge in [0.25, 0.3) is 0 Å². The van der Waals surface area contributed by atoms with Crippen LogP contribution in [0.4, 0.5) is 11.4 Å². The summed E-state index contributed by atoms with van der Waals surface area (Å²) in [6.07, 6.45) is 6.39. The second-order valence-electron chi connectivity index (χ2n) is 14.7. The minimum absolute atomic E-state index is 0.0782. The van der Waals surface area contributed by atoms with E-state index in [0.717, 1.165) is 33.9 Å². The van der Waals surface area contributed by atoms with Crippen molar-refractivity contribution in [3.63, 3.8) is 0 Å². The lowest BCUT2D eigenvalue weighted by molar-refractivity contribution is 0.660. The third-order valence-corrected chi connectivity index (χ3v) is 11.2. The largest absolute Gasteiger partial charge is 0.315 e. The van der Waals surface area contributed by atoms with Crippen molar-refractivity contribution in [3.05, 3.63) is 217 Å². The Morgan fingerprint density at radius 2 is 1.20 bits per heavy atom. The van der Waals surface area contributed by atoms with Crippen molar-refractivity contribution in [1.29, 1.82) is 0 Å². The third kappa shape index (κ3) is 5.59. The van der Waals surface area contributed by atoms with Gasteiger partial charge in [0.1, 0.15) is 0 Å². The highest BCUT2D eigenvalue weighted by atomic mass is 15.1. The first-order valence-corrected chi connectivity index (χ1v) is 18.7. The number of benzene rings is 7. The topological polar surface area (TPSA) is 8.17 Å². The average Bonchev–Trinajstić information content (AvgIpc) is 3.67. The summed E-state index contributed by atoms with van der Waals surface area (Å²) in [6.45, 7) is 11.1. The van der Waals surface area contributed by atoms with Crippen LogP contribution in [0.1, 0.15) is 37.5 Å². The van der Waals surface area contributed by atoms with Crippen LogP contribution >= 0.6 is 0 Å². The number of rotatable bonds is 8. The van der Waals surface area contributed by atoms with Gasteiger partial charge < -0.3 is 9.47 Å². The van der Waals surface area contributed by atoms with Gasteiger partial charge in [0.15, 0.2) is 0 Å². The first kappa shape index (κ1) is 33.2. The summed E-state index contributed by atoms with van der Waals surface area (Å²) in [6, 6.07) is 61.4. The SMILES string of the molecule is C=C/C(=C\C=C(/C)N(c1ccccc1)c1ccc2c(c1)C(C)(C)c1ccccc1-2)c1ccc2c(c1)c1ccccc1n2-c1ccc(-c2ccccc2)cc1. The van der Waals surface area contributed by atoms with E-state index >= 15 is 0 Å². The van der Waals surface area contributed by atoms with Crippen molar-refractivity contribution in [2.24, 2.45) is 0 Å². The van der Waals surface area contributed by atoms with Crippen molar-refractivity contribution in [1.82, 2.24) is 4.57 Å². The Kier molecular flexibility index (Phi) is 8.24. The molecule has 0 bridgehead atoms. The molecule has 0 amide bonds. The Morgan fingerprint density at radius 1 is 0.556 bits per heavy atom. The third-order valence-electron chi connectivity index (χ3n) is 11.2. The molecule has 0 unspecified atom stereocenters. The fourth-order valence-electron chi connectivity index (χ4n) is 8.40. The molecule has 7 aromatic carbocycles. The zero-order chi connectivity index (χ0) is 36.8. The molecule has 0 saturated heterocycles. The van der Waals surface area contributed by atoms with Crippen LogP contribution in [0.25, 0.3) is 55.3 Å². The van der Waals surface area contributed by atoms with Crippen molar-refractivity contribution >= 4 is 38.8 Å². The lowest BCUT2D eigenvalue weighted by Crippen LogP contribution is -2.18. The van der Waals surface area contributed by atoms with Gasteiger partial charge in [-0.05, 0) is 112 Å². The quantitative estimate of drug-likeness (QED) is 0.144. The Hall–Kier alpha value is -6.64. The summed E-state index contributed by atoms with van der Waals surface area (Å²) in [5.74, 6) is 0. The summed E-state index contributed by atoms with van der Waals surface area (Å²) in [7, 11) is 0. The molecule has 0 atom stereocenters. The van der Waals surface area contributed by atoms with Crippen LogP contribution in [0.15, 0.2) is 200 Å². The molecule has 1 aliphatic rings. The Morgan fingerprint density at radius 3 is 1.98 bits per heavy atom. The van der Waals surface area contributed by atoms with Gasteiger partial charge in [-0.3, -0.25) is 0 Å². The minimum atomic E-state index is -0.0782. The van der Waals surface area contributed by atoms with Crippen LogP contribution in [-0.2, 0) is 5.41 Å². The van der Waals surface area contributed by atoms with Crippen molar-refractivity contribution in [2.45, 2.75) is 26.2 Å². The monoisotopic (exact) mass is 694 g/mol. The van der Waals surface area contributed by atoms with Gasteiger partial charge >= 0.3 is 0 Å². The number of fused-ring (bicyclic) bond motifs is 6. The first-order chi connectivity index (χ1) is 26.4. The first-order valence-electron chi connectivity index (χ1n) is 18.7. The van der Waals surface area contributed by atoms with E-state index in [1.807, 2.05) is 6.08 Å². The molecule has 0 spiro atoms. The predicted molar refractivity (Wildman–Crippen MR) is 231 cm³/mol. The number of hydrogen-bond acceptors (Lipinski definition) is 1. The van der Waals surface area contributed by atoms with Crippen LogP contribution in [-0.4, -0.2) is 4.57 Å². The molecule has 0 aliphatic heterocycles. The fourth-order valence-corrected chi connectivity index (χ4v) is 8.40. The molecule has 8 aromatic rings. The van der Waals surface area contributed by atoms with Crippen LogP contribution in [0.2, 0.25) is 0 Å². The average molecular weight is 695 g/mol. The molecule has 54 heavy (non-hydrogen) atoms. The van der Waals surface area contributed by atoms with Crippen molar-refractivity contribution in [3.8, 4) is 27.9 Å². The Balaban J connectivity index is 1.10.